The molecule has 0 saturated heterocycles. The summed E-state index contributed by atoms with van der Waals surface area (Å²) in [5, 5.41) is 6.30. The lowest BCUT2D eigenvalue weighted by Crippen LogP contribution is -2.26. The van der Waals surface area contributed by atoms with Crippen LogP contribution in [0, 0.1) is 5.41 Å². The number of nitrogens with two attached hydrogens (primary N) is 1. The van der Waals surface area contributed by atoms with Gasteiger partial charge in [-0.1, -0.05) is 0 Å². The van der Waals surface area contributed by atoms with Crippen LogP contribution >= 0.6 is 11.6 Å². The summed E-state index contributed by atoms with van der Waals surface area (Å²) >= 11 is 5.44. The van der Waals surface area contributed by atoms with Crippen LogP contribution in [-0.2, 0) is 4.74 Å². The van der Waals surface area contributed by atoms with Crippen LogP contribution in [-0.4, -0.2) is 24.9 Å². The molecular weight excluding hydrogens is 128 g/mol. The Labute approximate surface area is 53.3 Å². The number of ether oxygens (including phenoxy) is 1. The average Bonchev–Trinajstić information content (AvgIpc) is 1.67. The van der Waals surface area contributed by atoms with E-state index in [1.54, 1.807) is 0 Å². The summed E-state index contributed by atoms with van der Waals surface area (Å²) in [5.41, 5.74) is 4.99. The number of methoxy groups -OCH3 is 1. The van der Waals surface area contributed by atoms with Crippen molar-refractivity contribution >= 4 is 17.4 Å². The number of alkyl halides is 1. The van der Waals surface area contributed by atoms with Gasteiger partial charge in [0.2, 0.25) is 0 Å². The first-order valence-electron chi connectivity index (χ1n) is 2.15. The molecule has 0 spiro atoms. The molecule has 48 valence electrons. The van der Waals surface area contributed by atoms with E-state index in [4.69, 9.17) is 22.7 Å². The van der Waals surface area contributed by atoms with Crippen molar-refractivity contribution in [3.8, 4) is 0 Å². The van der Waals surface area contributed by atoms with Crippen LogP contribution in [0.2, 0.25) is 0 Å². The van der Waals surface area contributed by atoms with Crippen molar-refractivity contribution in [2.24, 2.45) is 5.73 Å². The van der Waals surface area contributed by atoms with E-state index in [1.807, 2.05) is 0 Å². The minimum Gasteiger partial charge on any atom is -0.386 e. The van der Waals surface area contributed by atoms with Gasteiger partial charge in [-0.15, -0.1) is 11.6 Å². The van der Waals surface area contributed by atoms with Gasteiger partial charge in [0.15, 0.2) is 0 Å². The van der Waals surface area contributed by atoms with Crippen molar-refractivity contribution in [1.29, 1.82) is 5.41 Å². The van der Waals surface area contributed by atoms with Gasteiger partial charge in [0.05, 0.1) is 6.61 Å². The van der Waals surface area contributed by atoms with Crippen LogP contribution in [0.25, 0.3) is 0 Å². The maximum atomic E-state index is 6.77. The number of rotatable bonds is 3. The molecule has 0 heterocycles. The summed E-state index contributed by atoms with van der Waals surface area (Å²) in [4.78, 5) is 0. The zero-order valence-corrected chi connectivity index (χ0v) is 5.40. The zero-order chi connectivity index (χ0) is 6.57. The minimum absolute atomic E-state index is 0.0477. The number of amidine groups is 1. The average molecular weight is 137 g/mol. The molecule has 0 aliphatic rings. The lowest BCUT2D eigenvalue weighted by atomic mass is 10.4. The molecule has 8 heavy (non-hydrogen) atoms. The first kappa shape index (κ1) is 7.72. The molecule has 1 unspecified atom stereocenters. The second-order valence-corrected chi connectivity index (χ2v) is 1.91. The summed E-state index contributed by atoms with van der Waals surface area (Å²) in [6.45, 7) is 0.302. The van der Waals surface area contributed by atoms with Crippen molar-refractivity contribution in [1.82, 2.24) is 0 Å². The lowest BCUT2D eigenvalue weighted by Gasteiger charge is -2.03. The molecule has 0 fully saturated rings. The third-order valence-electron chi connectivity index (χ3n) is 0.650. The molecular formula is C4H9ClN2O. The highest BCUT2D eigenvalue weighted by Crippen LogP contribution is 1.92. The van der Waals surface area contributed by atoms with Crippen molar-refractivity contribution in [3.05, 3.63) is 0 Å². The quantitative estimate of drug-likeness (QED) is 0.330. The van der Waals surface area contributed by atoms with Gasteiger partial charge in [0, 0.05) is 7.11 Å². The molecule has 0 aromatic carbocycles. The van der Waals surface area contributed by atoms with Crippen molar-refractivity contribution < 1.29 is 4.74 Å². The minimum atomic E-state index is -0.472. The molecule has 0 rings (SSSR count). The van der Waals surface area contributed by atoms with Crippen LogP contribution in [0.5, 0.6) is 0 Å². The summed E-state index contributed by atoms with van der Waals surface area (Å²) in [7, 11) is 1.51. The third kappa shape index (κ3) is 2.82. The van der Waals surface area contributed by atoms with Gasteiger partial charge in [-0.3, -0.25) is 5.41 Å². The van der Waals surface area contributed by atoms with Crippen LogP contribution in [0.4, 0.5) is 0 Å². The van der Waals surface area contributed by atoms with E-state index in [9.17, 15) is 0 Å². The van der Waals surface area contributed by atoms with Gasteiger partial charge in [-0.05, 0) is 0 Å². The van der Waals surface area contributed by atoms with Crippen molar-refractivity contribution in [2.45, 2.75) is 5.38 Å². The molecule has 4 heteroatoms. The fourth-order valence-electron chi connectivity index (χ4n) is 0.236. The van der Waals surface area contributed by atoms with Gasteiger partial charge in [-0.2, -0.15) is 0 Å². The predicted octanol–water partition coefficient (Wildman–Crippen LogP) is 0.176. The van der Waals surface area contributed by atoms with Crippen LogP contribution in [0.1, 0.15) is 0 Å². The molecule has 0 bridgehead atoms. The number of halogens is 1. The highest BCUT2D eigenvalue weighted by atomic mass is 35.5. The molecule has 3 N–H and O–H groups in total. The second kappa shape index (κ2) is 3.69. The highest BCUT2D eigenvalue weighted by Gasteiger charge is 2.04. The standard InChI is InChI=1S/C4H9ClN2O/c1-8-2-3(5)4(6)7/h3H,2H2,1H3,(H3,6,7). The molecule has 0 aliphatic carbocycles. The smallest absolute Gasteiger partial charge is 0.113 e. The SMILES string of the molecule is COCC(Cl)C(=N)N. The van der Waals surface area contributed by atoms with E-state index in [1.165, 1.54) is 7.11 Å². The molecule has 3 nitrogen and oxygen atoms in total. The Morgan fingerprint density at radius 3 is 2.62 bits per heavy atom. The van der Waals surface area contributed by atoms with Crippen LogP contribution < -0.4 is 5.73 Å². The lowest BCUT2D eigenvalue weighted by molar-refractivity contribution is 0.209. The fraction of sp³-hybridized carbons (Fsp3) is 0.750. The monoisotopic (exact) mass is 136 g/mol. The Kier molecular flexibility index (Phi) is 3.56. The third-order valence-corrected chi connectivity index (χ3v) is 1.01. The van der Waals surface area contributed by atoms with Crippen molar-refractivity contribution in [2.75, 3.05) is 13.7 Å². The van der Waals surface area contributed by atoms with Crippen LogP contribution in [0.15, 0.2) is 0 Å². The van der Waals surface area contributed by atoms with Crippen LogP contribution in [0.3, 0.4) is 0 Å². The number of hydrogen-bond acceptors (Lipinski definition) is 2. The maximum Gasteiger partial charge on any atom is 0.113 e. The molecule has 0 saturated carbocycles. The first-order chi connectivity index (χ1) is 3.68. The predicted molar refractivity (Wildman–Crippen MR) is 33.4 cm³/mol. The van der Waals surface area contributed by atoms with E-state index in [0.29, 0.717) is 6.61 Å². The highest BCUT2D eigenvalue weighted by molar-refractivity contribution is 6.31. The fourth-order valence-corrected chi connectivity index (χ4v) is 0.362. The summed E-state index contributed by atoms with van der Waals surface area (Å²) in [6.07, 6.45) is 0. The molecule has 0 aliphatic heterocycles. The van der Waals surface area contributed by atoms with E-state index in [-0.39, 0.29) is 5.84 Å². The Hall–Kier alpha value is -0.280. The molecule has 1 atom stereocenters. The number of nitrogens with one attached hydrogen (secondary N) is 1. The van der Waals surface area contributed by atoms with E-state index in [2.05, 4.69) is 4.74 Å². The summed E-state index contributed by atoms with van der Waals surface area (Å²) < 4.78 is 4.61. The summed E-state index contributed by atoms with van der Waals surface area (Å²) in [6, 6.07) is 0. The van der Waals surface area contributed by atoms with Gasteiger partial charge in [-0.25, -0.2) is 0 Å². The Balaban J connectivity index is 3.32. The molecule has 0 aromatic heterocycles. The number of hydrogen-bond donors (Lipinski definition) is 2. The molecule has 0 radical (unpaired) electrons. The van der Waals surface area contributed by atoms with E-state index in [0.717, 1.165) is 0 Å². The molecule has 0 amide bonds. The first-order valence-corrected chi connectivity index (χ1v) is 2.59. The summed E-state index contributed by atoms with van der Waals surface area (Å²) in [5.74, 6) is -0.0477. The largest absolute Gasteiger partial charge is 0.386 e. The van der Waals surface area contributed by atoms with E-state index < -0.39 is 5.38 Å². The van der Waals surface area contributed by atoms with E-state index >= 15 is 0 Å². The topological polar surface area (TPSA) is 59.1 Å². The Morgan fingerprint density at radius 2 is 2.50 bits per heavy atom. The van der Waals surface area contributed by atoms with Gasteiger partial charge in [0.25, 0.3) is 0 Å². The van der Waals surface area contributed by atoms with Gasteiger partial charge in [0.1, 0.15) is 11.2 Å². The van der Waals surface area contributed by atoms with Crippen molar-refractivity contribution in [3.63, 3.8) is 0 Å². The molecule has 0 aromatic rings. The zero-order valence-electron chi connectivity index (χ0n) is 4.65. The second-order valence-electron chi connectivity index (χ2n) is 1.38. The van der Waals surface area contributed by atoms with Gasteiger partial charge >= 0.3 is 0 Å². The normalized spacial score (nSPS) is 13.2. The van der Waals surface area contributed by atoms with Gasteiger partial charge < -0.3 is 10.5 Å². The Bertz CT molecular complexity index is 86.1. The maximum absolute atomic E-state index is 6.77. The Morgan fingerprint density at radius 1 is 2.00 bits per heavy atom.